The topological polar surface area (TPSA) is 353 Å². The number of carboxylic acids is 1. The zero-order valence-corrected chi connectivity index (χ0v) is 51.1. The molecule has 10 rings (SSSR count). The number of aryl methyl sites for hydroxylation is 2. The summed E-state index contributed by atoms with van der Waals surface area (Å²) < 4.78 is 107. The molecule has 474 valence electrons. The Morgan fingerprint density at radius 2 is 1.59 bits per heavy atom. The fraction of sp³-hybridized carbons (Fsp3) is 0.583. The van der Waals surface area contributed by atoms with E-state index in [-0.39, 0.29) is 48.0 Å². The SMILES string of the molecule is CC=C(/C(=C\C=CCS(=O)(=O)NCCCOCCOCCOCCCNCCOC1C(O)C(CC(N)CCC(N)C(=O)O)OC1n1cnc2c(N)ncnc21)C1=c2cc3c4c(c2Oc2c1cc1c5c2CCCN5CCC1)CCC[N+]=4CCC3)S(=O)(=O)O. The summed E-state index contributed by atoms with van der Waals surface area (Å²) >= 11 is 0. The number of benzene rings is 2. The molecule has 27 heteroatoms. The minimum atomic E-state index is -4.75. The molecule has 4 aromatic rings. The van der Waals surface area contributed by atoms with E-state index in [0.717, 1.165) is 117 Å². The maximum atomic E-state index is 13.4. The number of hydrogen-bond acceptors (Lipinski definition) is 20. The standard InChI is InChI=1S/C60H83N11O14S2/c1-2-48(87(77,78)79)41(49-44-33-38-11-5-21-69-23-7-14-42(51(38)69)54(44)85-55-43-15-8-24-70-22-6-12-39(52(43)70)34-45(49)55)13-3-4-32-86(75,76)68-19-10-26-81-29-31-82-30-28-80-25-9-18-64-20-27-83-56-53(72)47(35-40(61)16-17-46(62)60(73)74)84-59(56)71-37-67-50-57(63)65-36-66-58(50)71/h2-4,13,33-34,36-37,40,46-47,53,56,59,64,68,72H,5-12,14-32,35,61-62H2,1H3,(H3-,63,65,66,73,74,77,78,79)/p+1/b4-3?,41-13+,48-2?. The quantitative estimate of drug-likeness (QED) is 0.0149. The first-order chi connectivity index (χ1) is 42.0. The second kappa shape index (κ2) is 29.2. The highest BCUT2D eigenvalue weighted by Gasteiger charge is 2.47. The highest BCUT2D eigenvalue weighted by molar-refractivity contribution is 7.90. The van der Waals surface area contributed by atoms with Crippen LogP contribution in [0.4, 0.5) is 11.5 Å². The predicted octanol–water partition coefficient (Wildman–Crippen LogP) is 1.66. The Morgan fingerprint density at radius 3 is 2.33 bits per heavy atom. The molecule has 8 heterocycles. The Hall–Kier alpha value is -5.79. The molecule has 6 aliphatic rings. The number of imidazole rings is 1. The van der Waals surface area contributed by atoms with Crippen LogP contribution in [0.2, 0.25) is 0 Å². The molecule has 25 nitrogen and oxygen atoms in total. The van der Waals surface area contributed by atoms with Crippen molar-refractivity contribution in [3.8, 4) is 11.5 Å². The smallest absolute Gasteiger partial charge is 0.320 e. The molecule has 2 aromatic carbocycles. The number of aliphatic hydroxyl groups excluding tert-OH is 1. The number of nitrogens with one attached hydrogen (secondary N) is 2. The average Bonchev–Trinajstić information content (AvgIpc) is 1.53. The summed E-state index contributed by atoms with van der Waals surface area (Å²) in [6.07, 6.45) is 14.7. The molecule has 2 aromatic heterocycles. The van der Waals surface area contributed by atoms with Crippen molar-refractivity contribution in [2.24, 2.45) is 11.5 Å². The minimum absolute atomic E-state index is 0.154. The van der Waals surface area contributed by atoms with Crippen molar-refractivity contribution >= 4 is 54.4 Å². The molecule has 87 heavy (non-hydrogen) atoms. The first-order valence-corrected chi connectivity index (χ1v) is 33.6. The van der Waals surface area contributed by atoms with Gasteiger partial charge in [0.2, 0.25) is 15.4 Å². The lowest BCUT2D eigenvalue weighted by molar-refractivity contribution is -0.138. The van der Waals surface area contributed by atoms with E-state index >= 15 is 0 Å². The van der Waals surface area contributed by atoms with Gasteiger partial charge in [0, 0.05) is 97.0 Å². The number of hydrogen-bond donors (Lipinski definition) is 8. The first-order valence-electron chi connectivity index (χ1n) is 30.5. The van der Waals surface area contributed by atoms with Crippen molar-refractivity contribution in [1.82, 2.24) is 34.1 Å². The number of anilines is 2. The lowest BCUT2D eigenvalue weighted by Crippen LogP contribution is -2.45. The van der Waals surface area contributed by atoms with E-state index in [9.17, 15) is 31.3 Å². The lowest BCUT2D eigenvalue weighted by Gasteiger charge is -2.39. The Labute approximate surface area is 507 Å². The van der Waals surface area contributed by atoms with Gasteiger partial charge in [-0.3, -0.25) is 13.9 Å². The molecule has 0 aliphatic carbocycles. The second-order valence-corrected chi connectivity index (χ2v) is 26.2. The van der Waals surface area contributed by atoms with Crippen LogP contribution in [0.5, 0.6) is 11.5 Å². The number of aliphatic carboxylic acids is 1. The van der Waals surface area contributed by atoms with Gasteiger partial charge in [0.25, 0.3) is 10.1 Å². The summed E-state index contributed by atoms with van der Waals surface area (Å²) in [5.41, 5.74) is 26.4. The van der Waals surface area contributed by atoms with E-state index in [1.807, 2.05) is 0 Å². The van der Waals surface area contributed by atoms with Gasteiger partial charge in [0.15, 0.2) is 17.7 Å². The van der Waals surface area contributed by atoms with Crippen LogP contribution in [-0.4, -0.2) is 185 Å². The maximum absolute atomic E-state index is 13.4. The van der Waals surface area contributed by atoms with Crippen LogP contribution in [0, 0.1) is 0 Å². The Bertz CT molecular complexity index is 3590. The fourth-order valence-electron chi connectivity index (χ4n) is 12.9. The van der Waals surface area contributed by atoms with Gasteiger partial charge >= 0.3 is 5.97 Å². The molecule has 6 aliphatic heterocycles. The minimum Gasteiger partial charge on any atom is -0.480 e. The van der Waals surface area contributed by atoms with Crippen LogP contribution in [0.1, 0.15) is 98.8 Å². The number of carboxylic acid groups (broad SMARTS) is 1. The number of aromatic nitrogens is 4. The number of carbonyl (C=O) groups is 1. The van der Waals surface area contributed by atoms with Crippen molar-refractivity contribution in [1.29, 1.82) is 0 Å². The summed E-state index contributed by atoms with van der Waals surface area (Å²) in [5, 5.41) is 25.9. The Morgan fingerprint density at radius 1 is 0.874 bits per heavy atom. The number of rotatable bonds is 32. The van der Waals surface area contributed by atoms with Gasteiger partial charge < -0.3 is 66.1 Å². The summed E-state index contributed by atoms with van der Waals surface area (Å²) in [6.45, 7) is 9.24. The molecule has 11 N–H and O–H groups in total. The molecular formula is C60H84N11O14S2+. The molecule has 0 amide bonds. The summed E-state index contributed by atoms with van der Waals surface area (Å²) in [7, 11) is -8.52. The van der Waals surface area contributed by atoms with E-state index in [1.54, 1.807) is 23.6 Å². The first kappa shape index (κ1) is 64.2. The predicted molar refractivity (Wildman–Crippen MR) is 327 cm³/mol. The van der Waals surface area contributed by atoms with E-state index in [0.29, 0.717) is 82.3 Å². The van der Waals surface area contributed by atoms with Crippen LogP contribution in [0.15, 0.2) is 59.6 Å². The summed E-state index contributed by atoms with van der Waals surface area (Å²) in [4.78, 5) is 26.1. The van der Waals surface area contributed by atoms with Gasteiger partial charge in [0.05, 0.1) is 61.7 Å². The number of allylic oxidation sites excluding steroid dienone is 4. The van der Waals surface area contributed by atoms with Crippen LogP contribution in [-0.2, 0) is 74.3 Å². The van der Waals surface area contributed by atoms with E-state index < -0.39 is 62.7 Å². The lowest BCUT2D eigenvalue weighted by atomic mass is 9.82. The van der Waals surface area contributed by atoms with Crippen LogP contribution in [0.25, 0.3) is 16.7 Å². The number of nitrogens with two attached hydrogens (primary N) is 3. The van der Waals surface area contributed by atoms with Crippen molar-refractivity contribution < 1.29 is 64.8 Å². The number of fused-ring (bicyclic) bond motifs is 5. The number of aliphatic hydroxyl groups is 1. The number of sulfonamides is 1. The van der Waals surface area contributed by atoms with Gasteiger partial charge in [0.1, 0.15) is 54.7 Å². The van der Waals surface area contributed by atoms with Crippen LogP contribution in [0.3, 0.4) is 0 Å². The number of nitrogens with zero attached hydrogens (tertiary/aromatic N) is 6. The fourth-order valence-corrected chi connectivity index (χ4v) is 14.6. The third kappa shape index (κ3) is 15.1. The normalized spacial score (nSPS) is 21.0. The monoisotopic (exact) mass is 1250 g/mol. The molecule has 6 atom stereocenters. The van der Waals surface area contributed by atoms with Gasteiger partial charge in [-0.05, 0) is 102 Å². The van der Waals surface area contributed by atoms with Crippen LogP contribution < -0.4 is 52.0 Å². The summed E-state index contributed by atoms with van der Waals surface area (Å²) in [5.74, 6) is 0.196. The molecule has 0 spiro atoms. The van der Waals surface area contributed by atoms with Gasteiger partial charge in [-0.25, -0.2) is 32.7 Å². The molecule has 0 bridgehead atoms. The van der Waals surface area contributed by atoms with Crippen molar-refractivity contribution in [3.05, 3.63) is 98.0 Å². The van der Waals surface area contributed by atoms with E-state index in [1.165, 1.54) is 47.0 Å². The molecule has 6 unspecified atom stereocenters. The van der Waals surface area contributed by atoms with E-state index in [4.69, 9.17) is 50.7 Å². The molecule has 0 saturated carbocycles. The molecule has 0 radical (unpaired) electrons. The third-order valence-corrected chi connectivity index (χ3v) is 19.2. The largest absolute Gasteiger partial charge is 0.480 e. The van der Waals surface area contributed by atoms with Crippen LogP contribution >= 0.6 is 0 Å². The van der Waals surface area contributed by atoms with Gasteiger partial charge in [-0.2, -0.15) is 8.42 Å². The Balaban J connectivity index is 0.644. The third-order valence-electron chi connectivity index (χ3n) is 16.9. The zero-order valence-electron chi connectivity index (χ0n) is 49.4. The van der Waals surface area contributed by atoms with Gasteiger partial charge in [-0.15, -0.1) is 0 Å². The summed E-state index contributed by atoms with van der Waals surface area (Å²) in [6, 6.07) is 2.79. The number of ether oxygens (including phenoxy) is 6. The Kier molecular flexibility index (Phi) is 21.6. The zero-order chi connectivity index (χ0) is 61.2. The molecule has 1 saturated heterocycles. The van der Waals surface area contributed by atoms with Crippen molar-refractivity contribution in [2.75, 3.05) is 108 Å². The number of nitrogen functional groups attached to an aromatic ring is 1. The van der Waals surface area contributed by atoms with Crippen molar-refractivity contribution in [2.45, 2.75) is 127 Å². The average molecular weight is 1250 g/mol. The van der Waals surface area contributed by atoms with E-state index in [2.05, 4.69) is 46.6 Å². The highest BCUT2D eigenvalue weighted by atomic mass is 32.2. The molecule has 1 fully saturated rings. The second-order valence-electron chi connectivity index (χ2n) is 22.9. The van der Waals surface area contributed by atoms with Gasteiger partial charge in [-0.1, -0.05) is 24.3 Å². The molecular weight excluding hydrogens is 1160 g/mol. The maximum Gasteiger partial charge on any atom is 0.320 e. The van der Waals surface area contributed by atoms with Crippen molar-refractivity contribution in [3.63, 3.8) is 0 Å². The highest BCUT2D eigenvalue weighted by Crippen LogP contribution is 2.49.